The molecule has 272 valence electrons. The minimum absolute atomic E-state index is 0.543. The molecule has 0 aliphatic heterocycles. The van der Waals surface area contributed by atoms with Crippen molar-refractivity contribution in [2.75, 3.05) is 0 Å². The first kappa shape index (κ1) is 34.5. The summed E-state index contributed by atoms with van der Waals surface area (Å²) < 4.78 is 6.55. The maximum Gasteiger partial charge on any atom is 0.164 e. The second kappa shape index (κ2) is 14.6. The highest BCUT2D eigenvalue weighted by Crippen LogP contribution is 2.39. The summed E-state index contributed by atoms with van der Waals surface area (Å²) in [4.78, 5) is 15.1. The minimum atomic E-state index is 0.543. The standard InChI is InChI=1S/C53H34N4O/c1-34-21-23-36(24-22-34)45-27-25-40(31-44(45)33-54)39-16-9-18-42(30-39)52-55-51(37-13-6-3-7-14-37)56-53(57-52)43-26-28-47-49(32-43)58-48-20-10-19-46(50(47)48)41-17-8-15-38(29-41)35-11-4-2-5-12-35/h2-32H,1H3. The first-order valence-corrected chi connectivity index (χ1v) is 19.2. The molecule has 0 N–H and O–H groups in total. The van der Waals surface area contributed by atoms with Crippen LogP contribution in [0.25, 0.3) is 101 Å². The molecule has 0 spiro atoms. The molecule has 0 radical (unpaired) electrons. The Hall–Kier alpha value is -7.94. The van der Waals surface area contributed by atoms with Gasteiger partial charge in [0.1, 0.15) is 11.2 Å². The lowest BCUT2D eigenvalue weighted by Crippen LogP contribution is -2.00. The van der Waals surface area contributed by atoms with Crippen molar-refractivity contribution in [2.24, 2.45) is 0 Å². The van der Waals surface area contributed by atoms with Crippen molar-refractivity contribution in [3.05, 3.63) is 199 Å². The van der Waals surface area contributed by atoms with Gasteiger partial charge in [-0.05, 0) is 87.8 Å². The molecule has 0 bridgehead atoms. The molecule has 58 heavy (non-hydrogen) atoms. The van der Waals surface area contributed by atoms with Crippen LogP contribution in [-0.2, 0) is 0 Å². The number of fused-ring (bicyclic) bond motifs is 3. The van der Waals surface area contributed by atoms with Crippen LogP contribution in [0.3, 0.4) is 0 Å². The van der Waals surface area contributed by atoms with Crippen molar-refractivity contribution in [2.45, 2.75) is 6.92 Å². The summed E-state index contributed by atoms with van der Waals surface area (Å²) in [5.74, 6) is 1.67. The van der Waals surface area contributed by atoms with Crippen molar-refractivity contribution in [1.82, 2.24) is 15.0 Å². The van der Waals surface area contributed by atoms with Gasteiger partial charge < -0.3 is 4.42 Å². The predicted molar refractivity (Wildman–Crippen MR) is 235 cm³/mol. The van der Waals surface area contributed by atoms with E-state index in [1.165, 1.54) is 16.7 Å². The topological polar surface area (TPSA) is 75.6 Å². The van der Waals surface area contributed by atoms with E-state index >= 15 is 0 Å². The number of nitriles is 1. The first-order chi connectivity index (χ1) is 28.6. The Balaban J connectivity index is 1.05. The third kappa shape index (κ3) is 6.49. The highest BCUT2D eigenvalue weighted by molar-refractivity contribution is 6.13. The molecule has 0 atom stereocenters. The molecule has 5 nitrogen and oxygen atoms in total. The number of nitrogens with zero attached hydrogens (tertiary/aromatic N) is 4. The van der Waals surface area contributed by atoms with Crippen LogP contribution < -0.4 is 0 Å². The third-order valence-corrected chi connectivity index (χ3v) is 10.7. The second-order valence-corrected chi connectivity index (χ2v) is 14.4. The van der Waals surface area contributed by atoms with Crippen LogP contribution in [0, 0.1) is 18.3 Å². The molecule has 0 aliphatic rings. The number of rotatable bonds is 7. The summed E-state index contributed by atoms with van der Waals surface area (Å²) in [6, 6.07) is 66.4. The van der Waals surface area contributed by atoms with Crippen LogP contribution in [0.5, 0.6) is 0 Å². The molecule has 2 heterocycles. The zero-order chi connectivity index (χ0) is 39.0. The molecule has 0 saturated carbocycles. The van der Waals surface area contributed by atoms with E-state index in [4.69, 9.17) is 19.4 Å². The molecule has 10 aromatic rings. The molecule has 0 unspecified atom stereocenters. The number of hydrogen-bond donors (Lipinski definition) is 0. The van der Waals surface area contributed by atoms with Crippen molar-refractivity contribution in [1.29, 1.82) is 5.26 Å². The monoisotopic (exact) mass is 742 g/mol. The molecule has 0 aliphatic carbocycles. The van der Waals surface area contributed by atoms with Crippen LogP contribution in [0.2, 0.25) is 0 Å². The van der Waals surface area contributed by atoms with Crippen LogP contribution in [0.4, 0.5) is 0 Å². The van der Waals surface area contributed by atoms with Gasteiger partial charge in [0.15, 0.2) is 17.5 Å². The minimum Gasteiger partial charge on any atom is -0.456 e. The van der Waals surface area contributed by atoms with Gasteiger partial charge >= 0.3 is 0 Å². The Morgan fingerprint density at radius 3 is 1.66 bits per heavy atom. The molecule has 0 amide bonds. The molecule has 0 saturated heterocycles. The number of aromatic nitrogens is 3. The first-order valence-electron chi connectivity index (χ1n) is 19.2. The van der Waals surface area contributed by atoms with Gasteiger partial charge in [-0.3, -0.25) is 0 Å². The zero-order valence-corrected chi connectivity index (χ0v) is 31.6. The Morgan fingerprint density at radius 2 is 0.931 bits per heavy atom. The van der Waals surface area contributed by atoms with Crippen LogP contribution in [-0.4, -0.2) is 15.0 Å². The van der Waals surface area contributed by atoms with Crippen LogP contribution in [0.1, 0.15) is 11.1 Å². The second-order valence-electron chi connectivity index (χ2n) is 14.4. The lowest BCUT2D eigenvalue weighted by atomic mass is 9.94. The summed E-state index contributed by atoms with van der Waals surface area (Å²) >= 11 is 0. The van der Waals surface area contributed by atoms with E-state index in [9.17, 15) is 5.26 Å². The highest BCUT2D eigenvalue weighted by atomic mass is 16.3. The molecule has 8 aromatic carbocycles. The van der Waals surface area contributed by atoms with Crippen molar-refractivity contribution in [3.63, 3.8) is 0 Å². The van der Waals surface area contributed by atoms with Crippen LogP contribution >= 0.6 is 0 Å². The number of aryl methyl sites for hydroxylation is 1. The van der Waals surface area contributed by atoms with Gasteiger partial charge in [-0.15, -0.1) is 0 Å². The van der Waals surface area contributed by atoms with Gasteiger partial charge in [-0.2, -0.15) is 5.26 Å². The summed E-state index contributed by atoms with van der Waals surface area (Å²) in [7, 11) is 0. The van der Waals surface area contributed by atoms with E-state index in [0.717, 1.165) is 72.0 Å². The molecule has 0 fully saturated rings. The normalized spacial score (nSPS) is 11.2. The fourth-order valence-electron chi connectivity index (χ4n) is 7.69. The number of hydrogen-bond acceptors (Lipinski definition) is 5. The SMILES string of the molecule is Cc1ccc(-c2ccc(-c3cccc(-c4nc(-c5ccccc5)nc(-c5ccc6c(c5)oc5cccc(-c7cccc(-c8ccccc8)c7)c56)n4)c3)cc2C#N)cc1. The highest BCUT2D eigenvalue weighted by Gasteiger charge is 2.18. The van der Waals surface area contributed by atoms with E-state index in [-0.39, 0.29) is 0 Å². The average molecular weight is 743 g/mol. The molecule has 5 heteroatoms. The lowest BCUT2D eigenvalue weighted by molar-refractivity contribution is 0.669. The third-order valence-electron chi connectivity index (χ3n) is 10.7. The van der Waals surface area contributed by atoms with Crippen molar-refractivity contribution < 1.29 is 4.42 Å². The fraction of sp³-hybridized carbons (Fsp3) is 0.0189. The number of benzene rings is 8. The number of furan rings is 1. The van der Waals surface area contributed by atoms with E-state index in [1.54, 1.807) is 0 Å². The van der Waals surface area contributed by atoms with E-state index in [0.29, 0.717) is 23.0 Å². The van der Waals surface area contributed by atoms with Gasteiger partial charge in [0, 0.05) is 27.5 Å². The molecular formula is C53H34N4O. The van der Waals surface area contributed by atoms with Gasteiger partial charge in [-0.1, -0.05) is 157 Å². The Labute approximate surface area is 336 Å². The molecular weight excluding hydrogens is 709 g/mol. The fourth-order valence-corrected chi connectivity index (χ4v) is 7.69. The van der Waals surface area contributed by atoms with Gasteiger partial charge in [-0.25, -0.2) is 15.0 Å². The van der Waals surface area contributed by atoms with E-state index in [1.807, 2.05) is 84.9 Å². The summed E-state index contributed by atoms with van der Waals surface area (Å²) in [5.41, 5.74) is 14.3. The summed E-state index contributed by atoms with van der Waals surface area (Å²) in [6.45, 7) is 2.06. The van der Waals surface area contributed by atoms with E-state index in [2.05, 4.69) is 116 Å². The molecule has 10 rings (SSSR count). The quantitative estimate of drug-likeness (QED) is 0.162. The van der Waals surface area contributed by atoms with Crippen LogP contribution in [0.15, 0.2) is 192 Å². The maximum absolute atomic E-state index is 10.2. The van der Waals surface area contributed by atoms with Gasteiger partial charge in [0.05, 0.1) is 11.6 Å². The lowest BCUT2D eigenvalue weighted by Gasteiger charge is -2.11. The average Bonchev–Trinajstić information content (AvgIpc) is 3.68. The smallest absolute Gasteiger partial charge is 0.164 e. The van der Waals surface area contributed by atoms with Gasteiger partial charge in [0.2, 0.25) is 0 Å². The largest absolute Gasteiger partial charge is 0.456 e. The van der Waals surface area contributed by atoms with E-state index < -0.39 is 0 Å². The predicted octanol–water partition coefficient (Wildman–Crippen LogP) is 13.6. The Bertz CT molecular complexity index is 3180. The maximum atomic E-state index is 10.2. The Kier molecular flexibility index (Phi) is 8.70. The molecule has 2 aromatic heterocycles. The zero-order valence-electron chi connectivity index (χ0n) is 31.6. The van der Waals surface area contributed by atoms with Crippen molar-refractivity contribution >= 4 is 21.9 Å². The summed E-state index contributed by atoms with van der Waals surface area (Å²) in [6.07, 6.45) is 0. The summed E-state index contributed by atoms with van der Waals surface area (Å²) in [5, 5.41) is 12.2. The van der Waals surface area contributed by atoms with Gasteiger partial charge in [0.25, 0.3) is 0 Å². The Morgan fingerprint density at radius 1 is 0.397 bits per heavy atom. The van der Waals surface area contributed by atoms with Crippen molar-refractivity contribution in [3.8, 4) is 84.7 Å².